The average Bonchev–Trinajstić information content (AvgIpc) is 2.61. The molecule has 2 aromatic heterocycles. The van der Waals surface area contributed by atoms with E-state index in [1.165, 1.54) is 0 Å². The summed E-state index contributed by atoms with van der Waals surface area (Å²) in [4.78, 5) is 33.6. The van der Waals surface area contributed by atoms with E-state index in [0.717, 1.165) is 49.0 Å². The first-order chi connectivity index (χ1) is 12.0. The minimum atomic E-state index is -0.0641. The van der Waals surface area contributed by atoms with Crippen molar-refractivity contribution in [2.24, 2.45) is 0 Å². The molecule has 1 atom stereocenters. The molecule has 0 radical (unpaired) electrons. The van der Waals surface area contributed by atoms with Crippen LogP contribution in [0.4, 0.5) is 5.82 Å². The summed E-state index contributed by atoms with van der Waals surface area (Å²) in [6.45, 7) is 5.65. The summed E-state index contributed by atoms with van der Waals surface area (Å²) in [6, 6.07) is 2.01. The van der Waals surface area contributed by atoms with E-state index in [1.807, 2.05) is 19.9 Å². The van der Waals surface area contributed by atoms with Gasteiger partial charge in [0.2, 0.25) is 0 Å². The highest BCUT2D eigenvalue weighted by molar-refractivity contribution is 5.94. The molecule has 7 heteroatoms. The van der Waals surface area contributed by atoms with E-state index < -0.39 is 0 Å². The molecule has 0 aromatic carbocycles. The van der Waals surface area contributed by atoms with Gasteiger partial charge in [-0.15, -0.1) is 0 Å². The quantitative estimate of drug-likeness (QED) is 0.850. The summed E-state index contributed by atoms with van der Waals surface area (Å²) in [5.41, 5.74) is 2.26. The summed E-state index contributed by atoms with van der Waals surface area (Å²) in [6.07, 6.45) is 5.37. The number of amides is 1. The fourth-order valence-corrected chi connectivity index (χ4v) is 3.14. The molecule has 7 nitrogen and oxygen atoms in total. The SMILES string of the molecule is Cc1cc(N2CCC[C@@H](c3ncc(C(=O)N(C)C)c(C)n3)C2)ncn1. The third-order valence-electron chi connectivity index (χ3n) is 4.53. The fraction of sp³-hybridized carbons (Fsp3) is 0.500. The molecule has 0 unspecified atom stereocenters. The number of aryl methyl sites for hydroxylation is 2. The molecule has 1 saturated heterocycles. The van der Waals surface area contributed by atoms with Gasteiger partial charge in [0.1, 0.15) is 18.0 Å². The maximum atomic E-state index is 12.1. The van der Waals surface area contributed by atoms with Crippen LogP contribution in [-0.2, 0) is 0 Å². The van der Waals surface area contributed by atoms with E-state index >= 15 is 0 Å². The van der Waals surface area contributed by atoms with Gasteiger partial charge in [0, 0.05) is 51.1 Å². The summed E-state index contributed by atoms with van der Waals surface area (Å²) in [5.74, 6) is 1.94. The van der Waals surface area contributed by atoms with Crippen molar-refractivity contribution >= 4 is 11.7 Å². The maximum absolute atomic E-state index is 12.1. The molecule has 0 bridgehead atoms. The third kappa shape index (κ3) is 3.75. The van der Waals surface area contributed by atoms with Crippen LogP contribution in [0.5, 0.6) is 0 Å². The van der Waals surface area contributed by atoms with Crippen molar-refractivity contribution < 1.29 is 4.79 Å². The third-order valence-corrected chi connectivity index (χ3v) is 4.53. The maximum Gasteiger partial charge on any atom is 0.256 e. The number of anilines is 1. The molecule has 1 aliphatic rings. The number of carbonyl (C=O) groups excluding carboxylic acids is 1. The van der Waals surface area contributed by atoms with Crippen LogP contribution in [-0.4, -0.2) is 57.9 Å². The Bertz CT molecular complexity index is 776. The molecule has 3 heterocycles. The van der Waals surface area contributed by atoms with Gasteiger partial charge in [0.25, 0.3) is 5.91 Å². The number of nitrogens with zero attached hydrogens (tertiary/aromatic N) is 6. The minimum absolute atomic E-state index is 0.0641. The molecule has 0 spiro atoms. The monoisotopic (exact) mass is 340 g/mol. The van der Waals surface area contributed by atoms with Gasteiger partial charge in [-0.1, -0.05) is 0 Å². The number of hydrogen-bond acceptors (Lipinski definition) is 6. The zero-order valence-electron chi connectivity index (χ0n) is 15.2. The highest BCUT2D eigenvalue weighted by Gasteiger charge is 2.25. The fourth-order valence-electron chi connectivity index (χ4n) is 3.14. The van der Waals surface area contributed by atoms with Gasteiger partial charge in [-0.05, 0) is 26.7 Å². The summed E-state index contributed by atoms with van der Waals surface area (Å²) in [7, 11) is 3.47. The first-order valence-electron chi connectivity index (χ1n) is 8.54. The van der Waals surface area contributed by atoms with Crippen LogP contribution in [0.25, 0.3) is 0 Å². The highest BCUT2D eigenvalue weighted by Crippen LogP contribution is 2.27. The molecule has 132 valence electrons. The predicted octanol–water partition coefficient (Wildman–Crippen LogP) is 1.97. The molecule has 0 aliphatic carbocycles. The number of piperidine rings is 1. The van der Waals surface area contributed by atoms with Gasteiger partial charge in [0.05, 0.1) is 11.3 Å². The minimum Gasteiger partial charge on any atom is -0.356 e. The van der Waals surface area contributed by atoms with E-state index in [4.69, 9.17) is 0 Å². The Morgan fingerprint density at radius 1 is 1.24 bits per heavy atom. The lowest BCUT2D eigenvalue weighted by Gasteiger charge is -2.33. The second-order valence-corrected chi connectivity index (χ2v) is 6.73. The lowest BCUT2D eigenvalue weighted by Crippen LogP contribution is -2.35. The molecular formula is C18H24N6O. The molecule has 2 aromatic rings. The smallest absolute Gasteiger partial charge is 0.256 e. The van der Waals surface area contributed by atoms with Crippen molar-refractivity contribution in [3.63, 3.8) is 0 Å². The first-order valence-corrected chi connectivity index (χ1v) is 8.54. The molecule has 3 rings (SSSR count). The molecule has 0 N–H and O–H groups in total. The molecule has 1 aliphatic heterocycles. The number of carbonyl (C=O) groups is 1. The number of hydrogen-bond donors (Lipinski definition) is 0. The average molecular weight is 340 g/mol. The van der Waals surface area contributed by atoms with Gasteiger partial charge < -0.3 is 9.80 Å². The van der Waals surface area contributed by atoms with Crippen LogP contribution >= 0.6 is 0 Å². The van der Waals surface area contributed by atoms with Gasteiger partial charge in [-0.25, -0.2) is 19.9 Å². The van der Waals surface area contributed by atoms with Crippen LogP contribution in [0.1, 0.15) is 46.3 Å². The van der Waals surface area contributed by atoms with Crippen molar-refractivity contribution in [1.29, 1.82) is 0 Å². The van der Waals surface area contributed by atoms with E-state index in [9.17, 15) is 4.79 Å². The Morgan fingerprint density at radius 2 is 2.04 bits per heavy atom. The Kier molecular flexibility index (Phi) is 4.92. The molecule has 25 heavy (non-hydrogen) atoms. The van der Waals surface area contributed by atoms with Gasteiger partial charge in [0.15, 0.2) is 0 Å². The van der Waals surface area contributed by atoms with E-state index in [-0.39, 0.29) is 11.8 Å². The van der Waals surface area contributed by atoms with Gasteiger partial charge >= 0.3 is 0 Å². The largest absolute Gasteiger partial charge is 0.356 e. The second-order valence-electron chi connectivity index (χ2n) is 6.73. The summed E-state index contributed by atoms with van der Waals surface area (Å²) >= 11 is 0. The van der Waals surface area contributed by atoms with Crippen molar-refractivity contribution in [3.8, 4) is 0 Å². The standard InChI is InChI=1S/C18H24N6O/c1-12-8-16(21-11-20-12)24-7-5-6-14(10-24)17-19-9-15(13(2)22-17)18(25)23(3)4/h8-9,11,14H,5-7,10H2,1-4H3/t14-/m1/s1. The second kappa shape index (κ2) is 7.13. The number of aromatic nitrogens is 4. The van der Waals surface area contributed by atoms with Crippen molar-refractivity contribution in [2.75, 3.05) is 32.1 Å². The lowest BCUT2D eigenvalue weighted by molar-refractivity contribution is 0.0826. The van der Waals surface area contributed by atoms with Crippen LogP contribution < -0.4 is 4.90 Å². The van der Waals surface area contributed by atoms with Crippen LogP contribution in [0.3, 0.4) is 0 Å². The molecule has 1 fully saturated rings. The van der Waals surface area contributed by atoms with Crippen molar-refractivity contribution in [2.45, 2.75) is 32.6 Å². The van der Waals surface area contributed by atoms with Gasteiger partial charge in [-0.2, -0.15) is 0 Å². The zero-order chi connectivity index (χ0) is 18.0. The molecular weight excluding hydrogens is 316 g/mol. The first kappa shape index (κ1) is 17.3. The molecule has 0 saturated carbocycles. The predicted molar refractivity (Wildman–Crippen MR) is 95.7 cm³/mol. The van der Waals surface area contributed by atoms with Crippen LogP contribution in [0.15, 0.2) is 18.6 Å². The zero-order valence-corrected chi connectivity index (χ0v) is 15.2. The highest BCUT2D eigenvalue weighted by atomic mass is 16.2. The van der Waals surface area contributed by atoms with Crippen LogP contribution in [0.2, 0.25) is 0 Å². The summed E-state index contributed by atoms with van der Waals surface area (Å²) < 4.78 is 0. The Labute approximate surface area is 148 Å². The Hall–Kier alpha value is -2.57. The van der Waals surface area contributed by atoms with Crippen molar-refractivity contribution in [3.05, 3.63) is 41.4 Å². The van der Waals surface area contributed by atoms with Crippen molar-refractivity contribution in [1.82, 2.24) is 24.8 Å². The number of rotatable bonds is 3. The Morgan fingerprint density at radius 3 is 2.72 bits per heavy atom. The van der Waals surface area contributed by atoms with E-state index in [1.54, 1.807) is 31.5 Å². The van der Waals surface area contributed by atoms with Crippen LogP contribution in [0, 0.1) is 13.8 Å². The van der Waals surface area contributed by atoms with E-state index in [0.29, 0.717) is 5.56 Å². The molecule has 1 amide bonds. The van der Waals surface area contributed by atoms with Gasteiger partial charge in [-0.3, -0.25) is 4.79 Å². The summed E-state index contributed by atoms with van der Waals surface area (Å²) in [5, 5.41) is 0. The normalized spacial score (nSPS) is 17.4. The Balaban J connectivity index is 1.80. The topological polar surface area (TPSA) is 75.1 Å². The van der Waals surface area contributed by atoms with E-state index in [2.05, 4.69) is 24.8 Å². The lowest BCUT2D eigenvalue weighted by atomic mass is 9.97.